The number of nitrogens with one attached hydrogen (secondary N) is 1. The quantitative estimate of drug-likeness (QED) is 0.608. The summed E-state index contributed by atoms with van der Waals surface area (Å²) in [5.74, 6) is -0.508. The monoisotopic (exact) mass is 184 g/mol. The third kappa shape index (κ3) is 0.967. The van der Waals surface area contributed by atoms with Gasteiger partial charge in [0.25, 0.3) is 0 Å². The van der Waals surface area contributed by atoms with E-state index in [2.05, 4.69) is 4.98 Å². The predicted molar refractivity (Wildman–Crippen MR) is 46.3 cm³/mol. The zero-order valence-corrected chi connectivity index (χ0v) is 6.68. The van der Waals surface area contributed by atoms with Crippen LogP contribution in [0.1, 0.15) is 0 Å². The minimum atomic E-state index is -0.508. The van der Waals surface area contributed by atoms with Crippen molar-refractivity contribution in [3.63, 3.8) is 0 Å². The van der Waals surface area contributed by atoms with Crippen LogP contribution in [0.5, 0.6) is 0 Å². The zero-order chi connectivity index (χ0) is 8.72. The lowest BCUT2D eigenvalue weighted by atomic mass is 10.3. The van der Waals surface area contributed by atoms with Crippen LogP contribution in [-0.2, 0) is 0 Å². The maximum Gasteiger partial charge on any atom is 0.417 e. The van der Waals surface area contributed by atoms with Crippen molar-refractivity contribution in [1.29, 1.82) is 0 Å². The third-order valence-electron chi connectivity index (χ3n) is 1.54. The molecule has 3 N–H and O–H groups in total. The number of halogens is 1. The van der Waals surface area contributed by atoms with E-state index in [9.17, 15) is 4.79 Å². The Labute approximate surface area is 71.9 Å². The van der Waals surface area contributed by atoms with Crippen LogP contribution < -0.4 is 11.5 Å². The van der Waals surface area contributed by atoms with Gasteiger partial charge >= 0.3 is 5.76 Å². The topological polar surface area (TPSA) is 72.0 Å². The molecule has 62 valence electrons. The lowest BCUT2D eigenvalue weighted by Crippen LogP contribution is -1.92. The van der Waals surface area contributed by atoms with Gasteiger partial charge in [0.05, 0.1) is 16.2 Å². The highest BCUT2D eigenvalue weighted by Gasteiger charge is 2.03. The van der Waals surface area contributed by atoms with E-state index in [0.717, 1.165) is 0 Å². The number of fused-ring (bicyclic) bond motifs is 1. The molecule has 1 aromatic heterocycles. The van der Waals surface area contributed by atoms with Gasteiger partial charge in [0.15, 0.2) is 5.58 Å². The first kappa shape index (κ1) is 7.24. The Bertz CT molecular complexity index is 444. The van der Waals surface area contributed by atoms with Crippen LogP contribution in [0.3, 0.4) is 0 Å². The Morgan fingerprint density at radius 3 is 3.00 bits per heavy atom. The number of hydrogen-bond donors (Lipinski definition) is 2. The summed E-state index contributed by atoms with van der Waals surface area (Å²) in [5, 5.41) is 0.402. The predicted octanol–water partition coefficient (Wildman–Crippen LogP) is 1.36. The van der Waals surface area contributed by atoms with E-state index in [0.29, 0.717) is 21.8 Å². The molecule has 2 rings (SSSR count). The Morgan fingerprint density at radius 2 is 2.25 bits per heavy atom. The molecule has 2 aromatic rings. The van der Waals surface area contributed by atoms with Gasteiger partial charge in [-0.2, -0.15) is 0 Å². The van der Waals surface area contributed by atoms with Crippen molar-refractivity contribution in [3.8, 4) is 0 Å². The number of anilines is 1. The van der Waals surface area contributed by atoms with E-state index in [1.807, 2.05) is 0 Å². The van der Waals surface area contributed by atoms with Gasteiger partial charge < -0.3 is 10.2 Å². The van der Waals surface area contributed by atoms with Crippen molar-refractivity contribution >= 4 is 28.4 Å². The van der Waals surface area contributed by atoms with Gasteiger partial charge in [-0.05, 0) is 6.07 Å². The number of hydrogen-bond acceptors (Lipinski definition) is 3. The largest absolute Gasteiger partial charge is 0.417 e. The summed E-state index contributed by atoms with van der Waals surface area (Å²) >= 11 is 5.71. The van der Waals surface area contributed by atoms with Crippen LogP contribution in [0, 0.1) is 0 Å². The number of aromatic nitrogens is 1. The Morgan fingerprint density at radius 1 is 1.50 bits per heavy atom. The number of oxazole rings is 1. The highest BCUT2D eigenvalue weighted by Crippen LogP contribution is 2.23. The van der Waals surface area contributed by atoms with Gasteiger partial charge in [-0.3, -0.25) is 4.98 Å². The molecule has 0 aliphatic heterocycles. The van der Waals surface area contributed by atoms with Crippen molar-refractivity contribution in [2.45, 2.75) is 0 Å². The molecule has 0 atom stereocenters. The van der Waals surface area contributed by atoms with Gasteiger partial charge in [0.1, 0.15) is 0 Å². The van der Waals surface area contributed by atoms with E-state index >= 15 is 0 Å². The van der Waals surface area contributed by atoms with Gasteiger partial charge in [-0.1, -0.05) is 11.6 Å². The number of rotatable bonds is 0. The number of nitrogen functional groups attached to an aromatic ring is 1. The van der Waals surface area contributed by atoms with Crippen molar-refractivity contribution < 1.29 is 4.42 Å². The number of benzene rings is 1. The van der Waals surface area contributed by atoms with Crippen LogP contribution in [-0.4, -0.2) is 4.98 Å². The van der Waals surface area contributed by atoms with Gasteiger partial charge in [0, 0.05) is 6.07 Å². The maximum absolute atomic E-state index is 10.7. The second-order valence-electron chi connectivity index (χ2n) is 2.38. The van der Waals surface area contributed by atoms with E-state index < -0.39 is 5.76 Å². The smallest absolute Gasteiger partial charge is 0.408 e. The van der Waals surface area contributed by atoms with Crippen molar-refractivity contribution in [2.24, 2.45) is 0 Å². The molecular weight excluding hydrogens is 180 g/mol. The molecule has 0 bridgehead atoms. The Balaban J connectivity index is 2.92. The molecule has 0 saturated carbocycles. The molecule has 0 aliphatic rings. The summed E-state index contributed by atoms with van der Waals surface area (Å²) in [6.45, 7) is 0. The van der Waals surface area contributed by atoms with Crippen LogP contribution in [0.4, 0.5) is 5.69 Å². The SMILES string of the molecule is Nc1cc2oc(=O)[nH]c2cc1Cl. The summed E-state index contributed by atoms with van der Waals surface area (Å²) in [6, 6.07) is 3.06. The molecule has 4 nitrogen and oxygen atoms in total. The molecule has 5 heteroatoms. The molecule has 0 spiro atoms. The zero-order valence-electron chi connectivity index (χ0n) is 5.93. The number of aromatic amines is 1. The molecular formula is C7H5ClN2O2. The first-order chi connectivity index (χ1) is 5.66. The lowest BCUT2D eigenvalue weighted by molar-refractivity contribution is 0.555. The molecule has 1 heterocycles. The second-order valence-corrected chi connectivity index (χ2v) is 2.79. The van der Waals surface area contributed by atoms with Gasteiger partial charge in [-0.15, -0.1) is 0 Å². The summed E-state index contributed by atoms with van der Waals surface area (Å²) in [7, 11) is 0. The van der Waals surface area contributed by atoms with E-state index in [1.54, 1.807) is 6.07 Å². The van der Waals surface area contributed by atoms with Crippen LogP contribution >= 0.6 is 11.6 Å². The lowest BCUT2D eigenvalue weighted by Gasteiger charge is -1.94. The molecule has 0 radical (unpaired) electrons. The van der Waals surface area contributed by atoms with E-state index in [-0.39, 0.29) is 0 Å². The first-order valence-electron chi connectivity index (χ1n) is 3.24. The molecule has 0 saturated heterocycles. The Hall–Kier alpha value is -1.42. The fraction of sp³-hybridized carbons (Fsp3) is 0. The van der Waals surface area contributed by atoms with Crippen molar-refractivity contribution in [3.05, 3.63) is 27.7 Å². The standard InChI is InChI=1S/C7H5ClN2O2/c8-3-1-5-6(2-4(3)9)12-7(11)10-5/h1-2H,9H2,(H,10,11). The first-order valence-corrected chi connectivity index (χ1v) is 3.62. The molecule has 0 fully saturated rings. The number of nitrogens with two attached hydrogens (primary N) is 1. The fourth-order valence-electron chi connectivity index (χ4n) is 0.987. The summed E-state index contributed by atoms with van der Waals surface area (Å²) in [4.78, 5) is 13.2. The summed E-state index contributed by atoms with van der Waals surface area (Å²) in [6.07, 6.45) is 0. The molecule has 0 aliphatic carbocycles. The summed E-state index contributed by atoms with van der Waals surface area (Å²) in [5.41, 5.74) is 6.86. The van der Waals surface area contributed by atoms with Crippen LogP contribution in [0.2, 0.25) is 5.02 Å². The maximum atomic E-state index is 10.7. The minimum Gasteiger partial charge on any atom is -0.408 e. The molecule has 12 heavy (non-hydrogen) atoms. The highest BCUT2D eigenvalue weighted by molar-refractivity contribution is 6.33. The van der Waals surface area contributed by atoms with Crippen LogP contribution in [0.25, 0.3) is 11.1 Å². The van der Waals surface area contributed by atoms with E-state index in [1.165, 1.54) is 6.07 Å². The van der Waals surface area contributed by atoms with E-state index in [4.69, 9.17) is 21.8 Å². The fourth-order valence-corrected chi connectivity index (χ4v) is 1.15. The van der Waals surface area contributed by atoms with Gasteiger partial charge in [0.2, 0.25) is 0 Å². The molecule has 1 aromatic carbocycles. The minimum absolute atomic E-state index is 0.395. The van der Waals surface area contributed by atoms with Crippen molar-refractivity contribution in [1.82, 2.24) is 4.98 Å². The van der Waals surface area contributed by atoms with Gasteiger partial charge in [-0.25, -0.2) is 4.79 Å². The molecule has 0 unspecified atom stereocenters. The summed E-state index contributed by atoms with van der Waals surface area (Å²) < 4.78 is 4.75. The molecule has 0 amide bonds. The highest BCUT2D eigenvalue weighted by atomic mass is 35.5. The third-order valence-corrected chi connectivity index (χ3v) is 1.87. The second kappa shape index (κ2) is 2.28. The average Bonchev–Trinajstić information content (AvgIpc) is 2.30. The Kier molecular flexibility index (Phi) is 1.38. The average molecular weight is 185 g/mol. The van der Waals surface area contributed by atoms with Crippen molar-refractivity contribution in [2.75, 3.05) is 5.73 Å². The normalized spacial score (nSPS) is 10.8. The number of H-pyrrole nitrogens is 1. The van der Waals surface area contributed by atoms with Crippen LogP contribution in [0.15, 0.2) is 21.3 Å².